The molecule has 0 unspecified atom stereocenters. The van der Waals surface area contributed by atoms with E-state index in [0.29, 0.717) is 11.6 Å². The van der Waals surface area contributed by atoms with Crippen molar-refractivity contribution in [1.82, 2.24) is 0 Å². The SMILES string of the molecule is [CH2]C=CCOc1cccc(Cl)c1. The van der Waals surface area contributed by atoms with Crippen molar-refractivity contribution >= 4 is 11.6 Å². The summed E-state index contributed by atoms with van der Waals surface area (Å²) in [6.45, 7) is 4.08. The molecule has 1 rings (SSSR count). The first kappa shape index (κ1) is 9.14. The van der Waals surface area contributed by atoms with Crippen molar-refractivity contribution < 1.29 is 4.74 Å². The van der Waals surface area contributed by atoms with E-state index in [1.54, 1.807) is 12.1 Å². The van der Waals surface area contributed by atoms with Gasteiger partial charge in [-0.05, 0) is 25.1 Å². The van der Waals surface area contributed by atoms with Crippen molar-refractivity contribution in [2.75, 3.05) is 6.61 Å². The fourth-order valence-electron chi connectivity index (χ4n) is 0.769. The number of halogens is 1. The Balaban J connectivity index is 2.52. The number of hydrogen-bond acceptors (Lipinski definition) is 1. The fourth-order valence-corrected chi connectivity index (χ4v) is 0.949. The van der Waals surface area contributed by atoms with Crippen LogP contribution in [0.15, 0.2) is 36.4 Å². The van der Waals surface area contributed by atoms with Gasteiger partial charge in [-0.2, -0.15) is 0 Å². The van der Waals surface area contributed by atoms with Crippen LogP contribution in [0.25, 0.3) is 0 Å². The van der Waals surface area contributed by atoms with Gasteiger partial charge >= 0.3 is 0 Å². The van der Waals surface area contributed by atoms with Gasteiger partial charge in [-0.3, -0.25) is 0 Å². The molecule has 0 aromatic heterocycles. The van der Waals surface area contributed by atoms with Gasteiger partial charge in [0, 0.05) is 5.02 Å². The molecule has 0 aliphatic rings. The highest BCUT2D eigenvalue weighted by molar-refractivity contribution is 6.30. The van der Waals surface area contributed by atoms with E-state index < -0.39 is 0 Å². The van der Waals surface area contributed by atoms with Crippen molar-refractivity contribution in [3.05, 3.63) is 48.4 Å². The molecule has 1 aromatic carbocycles. The molecule has 0 spiro atoms. The zero-order valence-electron chi connectivity index (χ0n) is 6.66. The maximum atomic E-state index is 5.75. The van der Waals surface area contributed by atoms with E-state index >= 15 is 0 Å². The van der Waals surface area contributed by atoms with Crippen molar-refractivity contribution in [2.24, 2.45) is 0 Å². The number of rotatable bonds is 3. The average Bonchev–Trinajstić information content (AvgIpc) is 2.05. The number of benzene rings is 1. The van der Waals surface area contributed by atoms with Crippen LogP contribution in [0.1, 0.15) is 0 Å². The van der Waals surface area contributed by atoms with Crippen LogP contribution in [-0.4, -0.2) is 6.61 Å². The minimum Gasteiger partial charge on any atom is -0.489 e. The average molecular weight is 182 g/mol. The molecule has 0 bridgehead atoms. The fraction of sp³-hybridized carbons (Fsp3) is 0.100. The van der Waals surface area contributed by atoms with Crippen LogP contribution < -0.4 is 4.74 Å². The molecule has 0 aliphatic carbocycles. The van der Waals surface area contributed by atoms with Crippen LogP contribution in [0, 0.1) is 6.92 Å². The van der Waals surface area contributed by atoms with Gasteiger partial charge in [0.2, 0.25) is 0 Å². The van der Waals surface area contributed by atoms with E-state index in [-0.39, 0.29) is 0 Å². The van der Waals surface area contributed by atoms with E-state index in [1.165, 1.54) is 0 Å². The summed E-state index contributed by atoms with van der Waals surface area (Å²) in [6.07, 6.45) is 3.53. The quantitative estimate of drug-likeness (QED) is 0.696. The van der Waals surface area contributed by atoms with Crippen molar-refractivity contribution in [3.63, 3.8) is 0 Å². The van der Waals surface area contributed by atoms with Gasteiger partial charge in [0.15, 0.2) is 0 Å². The van der Waals surface area contributed by atoms with Crippen LogP contribution in [0.3, 0.4) is 0 Å². The third-order valence-corrected chi connectivity index (χ3v) is 1.54. The molecule has 0 aliphatic heterocycles. The summed E-state index contributed by atoms with van der Waals surface area (Å²) in [4.78, 5) is 0. The molecular formula is C10H10ClO. The van der Waals surface area contributed by atoms with Gasteiger partial charge in [0.05, 0.1) is 0 Å². The van der Waals surface area contributed by atoms with Gasteiger partial charge in [-0.15, -0.1) is 0 Å². The minimum absolute atomic E-state index is 0.532. The normalized spacial score (nSPS) is 10.5. The lowest BCUT2D eigenvalue weighted by atomic mass is 10.3. The monoisotopic (exact) mass is 181 g/mol. The molecule has 0 heterocycles. The number of allylic oxidation sites excluding steroid dienone is 1. The molecule has 1 radical (unpaired) electrons. The lowest BCUT2D eigenvalue weighted by Gasteiger charge is -2.01. The number of hydrogen-bond donors (Lipinski definition) is 0. The predicted octanol–water partition coefficient (Wildman–Crippen LogP) is 3.11. The van der Waals surface area contributed by atoms with Gasteiger partial charge in [-0.25, -0.2) is 0 Å². The highest BCUT2D eigenvalue weighted by atomic mass is 35.5. The van der Waals surface area contributed by atoms with Crippen LogP contribution in [0.2, 0.25) is 5.02 Å². The second-order valence-electron chi connectivity index (χ2n) is 2.24. The van der Waals surface area contributed by atoms with E-state index in [2.05, 4.69) is 6.92 Å². The molecule has 0 saturated carbocycles. The Morgan fingerprint density at radius 2 is 2.33 bits per heavy atom. The van der Waals surface area contributed by atoms with Crippen LogP contribution in [0.5, 0.6) is 5.75 Å². The molecule has 1 aromatic rings. The number of ether oxygens (including phenoxy) is 1. The van der Waals surface area contributed by atoms with Crippen LogP contribution in [-0.2, 0) is 0 Å². The summed E-state index contributed by atoms with van der Waals surface area (Å²) in [7, 11) is 0. The first-order valence-electron chi connectivity index (χ1n) is 3.65. The third-order valence-electron chi connectivity index (χ3n) is 1.31. The molecule has 12 heavy (non-hydrogen) atoms. The Hall–Kier alpha value is -0.950. The van der Waals surface area contributed by atoms with E-state index in [4.69, 9.17) is 16.3 Å². The second kappa shape index (κ2) is 4.83. The van der Waals surface area contributed by atoms with Gasteiger partial charge in [-0.1, -0.05) is 29.8 Å². The summed E-state index contributed by atoms with van der Waals surface area (Å²) in [5, 5.41) is 0.686. The molecule has 0 atom stereocenters. The molecule has 0 fully saturated rings. The summed E-state index contributed by atoms with van der Waals surface area (Å²) in [5.41, 5.74) is 0. The zero-order valence-corrected chi connectivity index (χ0v) is 7.42. The van der Waals surface area contributed by atoms with Crippen molar-refractivity contribution in [3.8, 4) is 5.75 Å². The Bertz CT molecular complexity index is 268. The van der Waals surface area contributed by atoms with Crippen molar-refractivity contribution in [1.29, 1.82) is 0 Å². The summed E-state index contributed by atoms with van der Waals surface area (Å²) < 4.78 is 5.32. The first-order chi connectivity index (χ1) is 5.83. The highest BCUT2D eigenvalue weighted by Gasteiger charge is 1.91. The molecule has 63 valence electrons. The zero-order chi connectivity index (χ0) is 8.81. The highest BCUT2D eigenvalue weighted by Crippen LogP contribution is 2.16. The Kier molecular flexibility index (Phi) is 3.68. The van der Waals surface area contributed by atoms with Gasteiger partial charge < -0.3 is 4.74 Å². The summed E-state index contributed by atoms with van der Waals surface area (Å²) in [6, 6.07) is 7.30. The third kappa shape index (κ3) is 2.97. The topological polar surface area (TPSA) is 9.23 Å². The molecule has 0 amide bonds. The van der Waals surface area contributed by atoms with E-state index in [9.17, 15) is 0 Å². The molecule has 1 nitrogen and oxygen atoms in total. The Morgan fingerprint density at radius 1 is 1.50 bits per heavy atom. The maximum Gasteiger partial charge on any atom is 0.121 e. The van der Waals surface area contributed by atoms with Gasteiger partial charge in [0.25, 0.3) is 0 Å². The second-order valence-corrected chi connectivity index (χ2v) is 2.68. The molecular weight excluding hydrogens is 172 g/mol. The van der Waals surface area contributed by atoms with Crippen molar-refractivity contribution in [2.45, 2.75) is 0 Å². The standard InChI is InChI=1S/C10H10ClO/c1-2-3-7-12-10-6-4-5-9(11)8-10/h2-6,8H,1,7H2. The summed E-state index contributed by atoms with van der Waals surface area (Å²) >= 11 is 5.75. The van der Waals surface area contributed by atoms with Gasteiger partial charge in [0.1, 0.15) is 12.4 Å². The van der Waals surface area contributed by atoms with Crippen LogP contribution in [0.4, 0.5) is 0 Å². The van der Waals surface area contributed by atoms with Crippen LogP contribution >= 0.6 is 11.6 Å². The first-order valence-corrected chi connectivity index (χ1v) is 4.03. The smallest absolute Gasteiger partial charge is 0.121 e. The predicted molar refractivity (Wildman–Crippen MR) is 51.4 cm³/mol. The molecule has 0 saturated heterocycles. The summed E-state index contributed by atoms with van der Waals surface area (Å²) in [5.74, 6) is 0.778. The Morgan fingerprint density at radius 3 is 3.00 bits per heavy atom. The molecule has 0 N–H and O–H groups in total. The maximum absolute atomic E-state index is 5.75. The largest absolute Gasteiger partial charge is 0.489 e. The lowest BCUT2D eigenvalue weighted by molar-refractivity contribution is 0.363. The van der Waals surface area contributed by atoms with E-state index in [0.717, 1.165) is 5.75 Å². The van der Waals surface area contributed by atoms with E-state index in [1.807, 2.05) is 24.3 Å². The molecule has 2 heteroatoms. The Labute approximate surface area is 77.6 Å². The lowest BCUT2D eigenvalue weighted by Crippen LogP contribution is -1.92. The minimum atomic E-state index is 0.532.